The van der Waals surface area contributed by atoms with Crippen molar-refractivity contribution >= 4 is 5.97 Å². The molecule has 0 aliphatic rings. The van der Waals surface area contributed by atoms with Gasteiger partial charge >= 0.3 is 5.97 Å². The minimum absolute atomic E-state index is 0.00933. The normalized spacial score (nSPS) is 13.1. The fourth-order valence-electron chi connectivity index (χ4n) is 1.62. The van der Waals surface area contributed by atoms with Gasteiger partial charge in [0.25, 0.3) is 0 Å². The van der Waals surface area contributed by atoms with Gasteiger partial charge in [-0.2, -0.15) is 0 Å². The second-order valence-electron chi connectivity index (χ2n) is 3.97. The van der Waals surface area contributed by atoms with Crippen molar-refractivity contribution in [3.05, 3.63) is 24.3 Å². The molecule has 1 aromatic rings. The summed E-state index contributed by atoms with van der Waals surface area (Å²) >= 11 is 0. The van der Waals surface area contributed by atoms with Gasteiger partial charge in [-0.1, -0.05) is 0 Å². The molecule has 0 saturated carbocycles. The zero-order valence-electron chi connectivity index (χ0n) is 9.79. The number of carboxylic acid groups (broad SMARTS) is 1. The number of rotatable bonds is 5. The Kier molecular flexibility index (Phi) is 4.37. The molecule has 1 aromatic heterocycles. The quantitative estimate of drug-likeness (QED) is 0.815. The first kappa shape index (κ1) is 12.6. The van der Waals surface area contributed by atoms with Crippen LogP contribution in [0.25, 0.3) is 0 Å². The first-order chi connectivity index (χ1) is 7.52. The lowest BCUT2D eigenvalue weighted by Crippen LogP contribution is -2.38. The highest BCUT2D eigenvalue weighted by molar-refractivity contribution is 5.69. The van der Waals surface area contributed by atoms with E-state index in [0.717, 1.165) is 5.69 Å². The first-order valence-electron chi connectivity index (χ1n) is 5.25. The van der Waals surface area contributed by atoms with Crippen LogP contribution in [0, 0.1) is 0 Å². The summed E-state index contributed by atoms with van der Waals surface area (Å²) in [5.74, 6) is -0.829. The van der Waals surface area contributed by atoms with E-state index < -0.39 is 5.97 Å². The van der Waals surface area contributed by atoms with Crippen molar-refractivity contribution < 1.29 is 9.90 Å². The van der Waals surface area contributed by atoms with Crippen molar-refractivity contribution in [2.24, 2.45) is 0 Å². The lowest BCUT2D eigenvalue weighted by atomic mass is 10.1. The molecule has 0 spiro atoms. The molecule has 0 aliphatic heterocycles. The Morgan fingerprint density at radius 3 is 2.56 bits per heavy atom. The Morgan fingerprint density at radius 1 is 1.44 bits per heavy atom. The van der Waals surface area contributed by atoms with Gasteiger partial charge in [-0.3, -0.25) is 19.7 Å². The molecule has 1 rings (SSSR count). The molecule has 0 radical (unpaired) electrons. The maximum Gasteiger partial charge on any atom is 0.317 e. The van der Waals surface area contributed by atoms with Crippen molar-refractivity contribution in [2.75, 3.05) is 6.54 Å². The van der Waals surface area contributed by atoms with Crippen LogP contribution in [0.15, 0.2) is 18.6 Å². The number of hydrogen-bond donors (Lipinski definition) is 1. The Labute approximate surface area is 95.1 Å². The van der Waals surface area contributed by atoms with E-state index in [1.807, 2.05) is 25.7 Å². The SMILES string of the molecule is CC(C)N(CC(=O)O)[C@H](C)c1cnccn1. The summed E-state index contributed by atoms with van der Waals surface area (Å²) in [5, 5.41) is 8.85. The van der Waals surface area contributed by atoms with Crippen molar-refractivity contribution in [2.45, 2.75) is 32.9 Å². The smallest absolute Gasteiger partial charge is 0.317 e. The summed E-state index contributed by atoms with van der Waals surface area (Å²) in [6, 6.07) is 0.0953. The van der Waals surface area contributed by atoms with Gasteiger partial charge in [0.15, 0.2) is 0 Å². The average molecular weight is 223 g/mol. The number of carbonyl (C=O) groups is 1. The van der Waals surface area contributed by atoms with E-state index in [0.29, 0.717) is 0 Å². The monoisotopic (exact) mass is 223 g/mol. The Morgan fingerprint density at radius 2 is 2.12 bits per heavy atom. The maximum atomic E-state index is 10.8. The standard InChI is InChI=1S/C11H17N3O2/c1-8(2)14(7-11(15)16)9(3)10-6-12-4-5-13-10/h4-6,8-9H,7H2,1-3H3,(H,15,16)/t9-/m1/s1. The summed E-state index contributed by atoms with van der Waals surface area (Å²) in [5.41, 5.74) is 0.789. The van der Waals surface area contributed by atoms with Gasteiger partial charge in [-0.25, -0.2) is 0 Å². The van der Waals surface area contributed by atoms with Crippen LogP contribution < -0.4 is 0 Å². The molecule has 1 N–H and O–H groups in total. The van der Waals surface area contributed by atoms with E-state index in [2.05, 4.69) is 9.97 Å². The molecular formula is C11H17N3O2. The molecule has 0 aliphatic carbocycles. The molecule has 0 fully saturated rings. The van der Waals surface area contributed by atoms with E-state index in [1.54, 1.807) is 18.6 Å². The van der Waals surface area contributed by atoms with E-state index in [4.69, 9.17) is 5.11 Å². The molecule has 0 unspecified atom stereocenters. The van der Waals surface area contributed by atoms with Crippen LogP contribution >= 0.6 is 0 Å². The third-order valence-corrected chi connectivity index (χ3v) is 2.49. The van der Waals surface area contributed by atoms with Gasteiger partial charge in [-0.05, 0) is 20.8 Å². The summed E-state index contributed by atoms with van der Waals surface area (Å²) in [4.78, 5) is 20.8. The van der Waals surface area contributed by atoms with Crippen LogP contribution in [0.5, 0.6) is 0 Å². The number of aliphatic carboxylic acids is 1. The molecular weight excluding hydrogens is 206 g/mol. The molecule has 0 amide bonds. The summed E-state index contributed by atoms with van der Waals surface area (Å²) in [7, 11) is 0. The fraction of sp³-hybridized carbons (Fsp3) is 0.545. The highest BCUT2D eigenvalue weighted by Gasteiger charge is 2.21. The fourth-order valence-corrected chi connectivity index (χ4v) is 1.62. The van der Waals surface area contributed by atoms with Gasteiger partial charge < -0.3 is 5.11 Å². The number of nitrogens with zero attached hydrogens (tertiary/aromatic N) is 3. The zero-order chi connectivity index (χ0) is 12.1. The third kappa shape index (κ3) is 3.27. The van der Waals surface area contributed by atoms with Crippen molar-refractivity contribution in [1.82, 2.24) is 14.9 Å². The predicted molar refractivity (Wildman–Crippen MR) is 59.9 cm³/mol. The molecule has 88 valence electrons. The first-order valence-corrected chi connectivity index (χ1v) is 5.25. The van der Waals surface area contributed by atoms with Gasteiger partial charge in [0.05, 0.1) is 18.3 Å². The Bertz CT molecular complexity index is 340. The lowest BCUT2D eigenvalue weighted by molar-refractivity contribution is -0.139. The van der Waals surface area contributed by atoms with E-state index >= 15 is 0 Å². The third-order valence-electron chi connectivity index (χ3n) is 2.49. The van der Waals surface area contributed by atoms with Gasteiger partial charge in [-0.15, -0.1) is 0 Å². The van der Waals surface area contributed by atoms with Crippen LogP contribution in [0.4, 0.5) is 0 Å². The van der Waals surface area contributed by atoms with Gasteiger partial charge in [0.2, 0.25) is 0 Å². The molecule has 0 saturated heterocycles. The minimum atomic E-state index is -0.829. The topological polar surface area (TPSA) is 66.3 Å². The van der Waals surface area contributed by atoms with Crippen molar-refractivity contribution in [3.8, 4) is 0 Å². The zero-order valence-corrected chi connectivity index (χ0v) is 9.79. The summed E-state index contributed by atoms with van der Waals surface area (Å²) in [6.07, 6.45) is 4.89. The molecule has 16 heavy (non-hydrogen) atoms. The van der Waals surface area contributed by atoms with Crippen LogP contribution in [0.3, 0.4) is 0 Å². The molecule has 0 bridgehead atoms. The number of aromatic nitrogens is 2. The largest absolute Gasteiger partial charge is 0.480 e. The lowest BCUT2D eigenvalue weighted by Gasteiger charge is -2.30. The van der Waals surface area contributed by atoms with Crippen molar-refractivity contribution in [3.63, 3.8) is 0 Å². The molecule has 0 aromatic carbocycles. The van der Waals surface area contributed by atoms with Crippen LogP contribution in [-0.2, 0) is 4.79 Å². The van der Waals surface area contributed by atoms with E-state index in [-0.39, 0.29) is 18.6 Å². The Hall–Kier alpha value is -1.49. The van der Waals surface area contributed by atoms with Crippen molar-refractivity contribution in [1.29, 1.82) is 0 Å². The van der Waals surface area contributed by atoms with Crippen LogP contribution in [0.1, 0.15) is 32.5 Å². The second kappa shape index (κ2) is 5.55. The highest BCUT2D eigenvalue weighted by Crippen LogP contribution is 2.19. The number of carboxylic acids is 1. The number of hydrogen-bond acceptors (Lipinski definition) is 4. The van der Waals surface area contributed by atoms with E-state index in [9.17, 15) is 4.79 Å². The molecule has 5 heteroatoms. The molecule has 1 heterocycles. The molecule has 5 nitrogen and oxygen atoms in total. The summed E-state index contributed by atoms with van der Waals surface area (Å²) in [6.45, 7) is 5.88. The highest BCUT2D eigenvalue weighted by atomic mass is 16.4. The predicted octanol–water partition coefficient (Wildman–Crippen LogP) is 1.33. The Balaban J connectivity index is 2.83. The maximum absolute atomic E-state index is 10.8. The van der Waals surface area contributed by atoms with Gasteiger partial charge in [0, 0.05) is 24.6 Å². The van der Waals surface area contributed by atoms with Gasteiger partial charge in [0.1, 0.15) is 0 Å². The van der Waals surface area contributed by atoms with Crippen LogP contribution in [-0.4, -0.2) is 38.5 Å². The second-order valence-corrected chi connectivity index (χ2v) is 3.97. The minimum Gasteiger partial charge on any atom is -0.480 e. The molecule has 1 atom stereocenters. The van der Waals surface area contributed by atoms with E-state index in [1.165, 1.54) is 0 Å². The summed E-state index contributed by atoms with van der Waals surface area (Å²) < 4.78 is 0. The average Bonchev–Trinajstić information content (AvgIpc) is 2.25. The van der Waals surface area contributed by atoms with Crippen LogP contribution in [0.2, 0.25) is 0 Å².